The summed E-state index contributed by atoms with van der Waals surface area (Å²) in [6, 6.07) is 0.0595. The lowest BCUT2D eigenvalue weighted by Gasteiger charge is -2.38. The zero-order valence-electron chi connectivity index (χ0n) is 7.90. The predicted octanol–water partition coefficient (Wildman–Crippen LogP) is -1.20. The highest BCUT2D eigenvalue weighted by atomic mass is 16.3. The third-order valence-electron chi connectivity index (χ3n) is 2.55. The van der Waals surface area contributed by atoms with Crippen molar-refractivity contribution in [1.29, 1.82) is 0 Å². The quantitative estimate of drug-likeness (QED) is 0.448. The lowest BCUT2D eigenvalue weighted by atomic mass is 10.2. The summed E-state index contributed by atoms with van der Waals surface area (Å²) in [6.45, 7) is 3.30. The van der Waals surface area contributed by atoms with Gasteiger partial charge in [0.1, 0.15) is 19.1 Å². The van der Waals surface area contributed by atoms with Gasteiger partial charge in [-0.2, -0.15) is 0 Å². The van der Waals surface area contributed by atoms with E-state index in [1.807, 2.05) is 14.0 Å². The van der Waals surface area contributed by atoms with Gasteiger partial charge in [-0.3, -0.25) is 0 Å². The van der Waals surface area contributed by atoms with Crippen molar-refractivity contribution in [1.82, 2.24) is 0 Å². The van der Waals surface area contributed by atoms with E-state index in [4.69, 9.17) is 15.3 Å². The van der Waals surface area contributed by atoms with Crippen molar-refractivity contribution in [3.63, 3.8) is 0 Å². The van der Waals surface area contributed by atoms with Gasteiger partial charge in [-0.15, -0.1) is 0 Å². The first-order valence-electron chi connectivity index (χ1n) is 4.27. The highest BCUT2D eigenvalue weighted by Gasteiger charge is 2.27. The van der Waals surface area contributed by atoms with Crippen molar-refractivity contribution >= 4 is 0 Å². The van der Waals surface area contributed by atoms with Crippen LogP contribution in [0.25, 0.3) is 0 Å². The maximum absolute atomic E-state index is 8.94. The SMILES string of the molecule is CC(CO)[N+](C)(CCO)CCO. The Morgan fingerprint density at radius 3 is 1.75 bits per heavy atom. The predicted molar refractivity (Wildman–Crippen MR) is 46.6 cm³/mol. The largest absolute Gasteiger partial charge is 0.391 e. The molecule has 0 aromatic rings. The second-order valence-electron chi connectivity index (χ2n) is 3.41. The zero-order valence-corrected chi connectivity index (χ0v) is 7.90. The number of aliphatic hydroxyl groups is 3. The summed E-state index contributed by atoms with van der Waals surface area (Å²) < 4.78 is 0.517. The van der Waals surface area contributed by atoms with Crippen molar-refractivity contribution in [2.45, 2.75) is 13.0 Å². The Morgan fingerprint density at radius 2 is 1.50 bits per heavy atom. The molecular formula is C8H20NO3+. The lowest BCUT2D eigenvalue weighted by molar-refractivity contribution is -0.932. The number of likely N-dealkylation sites (N-methyl/N-ethyl adjacent to an activating group) is 1. The Morgan fingerprint density at radius 1 is 1.08 bits per heavy atom. The second-order valence-corrected chi connectivity index (χ2v) is 3.41. The van der Waals surface area contributed by atoms with Gasteiger partial charge in [-0.1, -0.05) is 0 Å². The highest BCUT2D eigenvalue weighted by Crippen LogP contribution is 2.08. The molecule has 0 rings (SSSR count). The minimum atomic E-state index is 0.0595. The second kappa shape index (κ2) is 5.48. The molecule has 0 fully saturated rings. The normalized spacial score (nSPS) is 14.8. The van der Waals surface area contributed by atoms with Gasteiger partial charge in [0.25, 0.3) is 0 Å². The van der Waals surface area contributed by atoms with Crippen molar-refractivity contribution in [3.8, 4) is 0 Å². The Hall–Kier alpha value is -0.160. The molecule has 12 heavy (non-hydrogen) atoms. The summed E-state index contributed by atoms with van der Waals surface area (Å²) >= 11 is 0. The number of hydrogen-bond acceptors (Lipinski definition) is 3. The molecule has 0 radical (unpaired) electrons. The van der Waals surface area contributed by atoms with Crippen molar-refractivity contribution < 1.29 is 19.8 Å². The highest BCUT2D eigenvalue weighted by molar-refractivity contribution is 4.49. The molecule has 0 aliphatic rings. The summed E-state index contributed by atoms with van der Waals surface area (Å²) in [5.41, 5.74) is 0. The van der Waals surface area contributed by atoms with Crippen LogP contribution in [0.3, 0.4) is 0 Å². The molecule has 0 bridgehead atoms. The molecule has 4 heteroatoms. The average molecular weight is 178 g/mol. The first-order valence-corrected chi connectivity index (χ1v) is 4.27. The van der Waals surface area contributed by atoms with Crippen LogP contribution >= 0.6 is 0 Å². The fourth-order valence-electron chi connectivity index (χ4n) is 1.21. The number of quaternary nitrogens is 1. The van der Waals surface area contributed by atoms with Gasteiger partial charge in [-0.25, -0.2) is 0 Å². The van der Waals surface area contributed by atoms with E-state index in [2.05, 4.69) is 0 Å². The van der Waals surface area contributed by atoms with Crippen LogP contribution in [-0.4, -0.2) is 65.8 Å². The van der Waals surface area contributed by atoms with E-state index in [9.17, 15) is 0 Å². The topological polar surface area (TPSA) is 60.7 Å². The summed E-state index contributed by atoms with van der Waals surface area (Å²) in [5, 5.41) is 26.5. The van der Waals surface area contributed by atoms with E-state index in [1.165, 1.54) is 0 Å². The standard InChI is InChI=1S/C8H20NO3/c1-8(7-12)9(2,3-5-10)4-6-11/h8,10-12H,3-7H2,1-2H3/q+1. The van der Waals surface area contributed by atoms with E-state index >= 15 is 0 Å². The molecule has 3 N–H and O–H groups in total. The maximum Gasteiger partial charge on any atom is 0.109 e. The number of nitrogens with zero attached hydrogens (tertiary/aromatic N) is 1. The molecule has 0 aromatic carbocycles. The Bertz CT molecular complexity index is 113. The number of rotatable bonds is 6. The van der Waals surface area contributed by atoms with Crippen LogP contribution in [0.2, 0.25) is 0 Å². The van der Waals surface area contributed by atoms with Crippen LogP contribution in [0.1, 0.15) is 6.92 Å². The molecule has 1 unspecified atom stereocenters. The van der Waals surface area contributed by atoms with Gasteiger partial charge in [0, 0.05) is 0 Å². The van der Waals surface area contributed by atoms with Gasteiger partial charge in [0.2, 0.25) is 0 Å². The van der Waals surface area contributed by atoms with E-state index in [-0.39, 0.29) is 25.9 Å². The maximum atomic E-state index is 8.94. The van der Waals surface area contributed by atoms with Crippen LogP contribution < -0.4 is 0 Å². The molecule has 74 valence electrons. The smallest absolute Gasteiger partial charge is 0.109 e. The van der Waals surface area contributed by atoms with Gasteiger partial charge in [0.15, 0.2) is 0 Å². The molecule has 0 heterocycles. The van der Waals surface area contributed by atoms with Crippen molar-refractivity contribution in [2.24, 2.45) is 0 Å². The van der Waals surface area contributed by atoms with E-state index in [0.29, 0.717) is 17.6 Å². The molecule has 0 aliphatic carbocycles. The van der Waals surface area contributed by atoms with Gasteiger partial charge >= 0.3 is 0 Å². The fourth-order valence-corrected chi connectivity index (χ4v) is 1.21. The minimum Gasteiger partial charge on any atom is -0.391 e. The molecule has 1 atom stereocenters. The first-order chi connectivity index (χ1) is 5.60. The third-order valence-corrected chi connectivity index (χ3v) is 2.55. The van der Waals surface area contributed by atoms with E-state index in [0.717, 1.165) is 0 Å². The zero-order chi connectivity index (χ0) is 9.61. The first kappa shape index (κ1) is 11.8. The molecule has 0 amide bonds. The minimum absolute atomic E-state index is 0.0595. The van der Waals surface area contributed by atoms with Crippen molar-refractivity contribution in [2.75, 3.05) is 40.0 Å². The van der Waals surface area contributed by atoms with Gasteiger partial charge < -0.3 is 19.8 Å². The number of hydrogen-bond donors (Lipinski definition) is 3. The van der Waals surface area contributed by atoms with Crippen LogP contribution in [0.5, 0.6) is 0 Å². The Kier molecular flexibility index (Phi) is 5.41. The van der Waals surface area contributed by atoms with Crippen molar-refractivity contribution in [3.05, 3.63) is 0 Å². The fraction of sp³-hybridized carbons (Fsp3) is 1.00. The van der Waals surface area contributed by atoms with Crippen LogP contribution in [0.4, 0.5) is 0 Å². The molecule has 4 nitrogen and oxygen atoms in total. The van der Waals surface area contributed by atoms with Gasteiger partial charge in [0.05, 0.1) is 26.9 Å². The molecule has 0 saturated carbocycles. The summed E-state index contributed by atoms with van der Waals surface area (Å²) in [7, 11) is 1.92. The van der Waals surface area contributed by atoms with E-state index in [1.54, 1.807) is 0 Å². The van der Waals surface area contributed by atoms with Gasteiger partial charge in [-0.05, 0) is 6.92 Å². The average Bonchev–Trinajstić information content (AvgIpc) is 2.04. The molecular weight excluding hydrogens is 158 g/mol. The Balaban J connectivity index is 4.15. The van der Waals surface area contributed by atoms with Crippen LogP contribution in [0.15, 0.2) is 0 Å². The van der Waals surface area contributed by atoms with Crippen LogP contribution in [-0.2, 0) is 0 Å². The number of aliphatic hydroxyl groups excluding tert-OH is 3. The lowest BCUT2D eigenvalue weighted by Crippen LogP contribution is -2.55. The molecule has 0 aliphatic heterocycles. The summed E-state index contributed by atoms with van der Waals surface area (Å²) in [4.78, 5) is 0. The van der Waals surface area contributed by atoms with Crippen LogP contribution in [0, 0.1) is 0 Å². The summed E-state index contributed by atoms with van der Waals surface area (Å²) in [6.07, 6.45) is 0. The van der Waals surface area contributed by atoms with E-state index < -0.39 is 0 Å². The molecule has 0 saturated heterocycles. The molecule has 0 spiro atoms. The third kappa shape index (κ3) is 3.06. The molecule has 0 aromatic heterocycles. The summed E-state index contributed by atoms with van der Waals surface area (Å²) in [5.74, 6) is 0. The Labute approximate surface area is 73.6 Å². The monoisotopic (exact) mass is 178 g/mol.